The van der Waals surface area contributed by atoms with Crippen LogP contribution >= 0.6 is 11.3 Å². The van der Waals surface area contributed by atoms with Crippen molar-refractivity contribution in [1.29, 1.82) is 0 Å². The molecule has 1 amide bonds. The van der Waals surface area contributed by atoms with Gasteiger partial charge in [0.05, 0.1) is 21.3 Å². The number of benzene rings is 2. The molecule has 8 heteroatoms. The van der Waals surface area contributed by atoms with E-state index in [0.717, 1.165) is 4.70 Å². The van der Waals surface area contributed by atoms with Gasteiger partial charge in [-0.3, -0.25) is 15.6 Å². The third-order valence-electron chi connectivity index (χ3n) is 3.53. The number of carbonyl (C=O) groups is 1. The molecule has 1 heterocycles. The number of methoxy groups -OCH3 is 3. The Hall–Kier alpha value is -3.00. The van der Waals surface area contributed by atoms with E-state index < -0.39 is 0 Å². The maximum absolute atomic E-state index is 12.2. The van der Waals surface area contributed by atoms with E-state index in [1.165, 1.54) is 11.3 Å². The Morgan fingerprint density at radius 3 is 2.52 bits per heavy atom. The van der Waals surface area contributed by atoms with E-state index in [4.69, 9.17) is 14.2 Å². The molecule has 0 atom stereocenters. The first-order valence-corrected chi connectivity index (χ1v) is 8.20. The Bertz CT molecular complexity index is 869. The lowest BCUT2D eigenvalue weighted by atomic mass is 10.2. The molecular weight excluding hydrogens is 342 g/mol. The molecule has 0 bridgehead atoms. The Balaban J connectivity index is 1.80. The van der Waals surface area contributed by atoms with Gasteiger partial charge >= 0.3 is 0 Å². The summed E-state index contributed by atoms with van der Waals surface area (Å²) in [5.74, 6) is 1.65. The number of aromatic nitrogens is 1. The van der Waals surface area contributed by atoms with Crippen LogP contribution in [-0.2, 0) is 0 Å². The number of nitrogens with one attached hydrogen (secondary N) is 2. The maximum atomic E-state index is 12.2. The summed E-state index contributed by atoms with van der Waals surface area (Å²) in [5, 5.41) is 0.522. The minimum Gasteiger partial charge on any atom is -0.497 e. The Labute approximate surface area is 148 Å². The first kappa shape index (κ1) is 16.8. The molecule has 0 aliphatic carbocycles. The number of hydrazine groups is 1. The molecule has 0 aliphatic rings. The van der Waals surface area contributed by atoms with Crippen LogP contribution in [0.2, 0.25) is 0 Å². The van der Waals surface area contributed by atoms with Crippen molar-refractivity contribution in [3.05, 3.63) is 42.0 Å². The van der Waals surface area contributed by atoms with E-state index in [1.807, 2.05) is 6.07 Å². The molecule has 0 fully saturated rings. The molecular formula is C17H17N3O4S. The van der Waals surface area contributed by atoms with E-state index in [0.29, 0.717) is 33.5 Å². The van der Waals surface area contributed by atoms with Gasteiger partial charge < -0.3 is 14.2 Å². The number of anilines is 1. The van der Waals surface area contributed by atoms with Crippen LogP contribution in [0.15, 0.2) is 36.4 Å². The molecule has 130 valence electrons. The Kier molecular flexibility index (Phi) is 4.90. The highest BCUT2D eigenvalue weighted by atomic mass is 32.1. The van der Waals surface area contributed by atoms with Crippen molar-refractivity contribution < 1.29 is 19.0 Å². The van der Waals surface area contributed by atoms with Crippen LogP contribution < -0.4 is 25.1 Å². The lowest BCUT2D eigenvalue weighted by Crippen LogP contribution is -2.29. The zero-order chi connectivity index (χ0) is 17.8. The average molecular weight is 359 g/mol. The van der Waals surface area contributed by atoms with E-state index in [2.05, 4.69) is 15.8 Å². The maximum Gasteiger partial charge on any atom is 0.269 e. The number of fused-ring (bicyclic) bond motifs is 1. The molecule has 2 N–H and O–H groups in total. The van der Waals surface area contributed by atoms with Gasteiger partial charge in [-0.05, 0) is 30.3 Å². The fourth-order valence-corrected chi connectivity index (χ4v) is 3.21. The van der Waals surface area contributed by atoms with E-state index in [1.54, 1.807) is 51.7 Å². The van der Waals surface area contributed by atoms with Gasteiger partial charge in [0.1, 0.15) is 27.5 Å². The van der Waals surface area contributed by atoms with Crippen molar-refractivity contribution in [2.75, 3.05) is 26.8 Å². The van der Waals surface area contributed by atoms with Crippen molar-refractivity contribution in [1.82, 2.24) is 10.4 Å². The second-order valence-corrected chi connectivity index (χ2v) is 5.98. The molecule has 25 heavy (non-hydrogen) atoms. The predicted molar refractivity (Wildman–Crippen MR) is 96.8 cm³/mol. The molecule has 7 nitrogen and oxygen atoms in total. The highest BCUT2D eigenvalue weighted by molar-refractivity contribution is 7.22. The molecule has 1 aromatic heterocycles. The molecule has 0 radical (unpaired) electrons. The minimum atomic E-state index is -0.294. The van der Waals surface area contributed by atoms with Crippen molar-refractivity contribution in [2.24, 2.45) is 0 Å². The van der Waals surface area contributed by atoms with Crippen molar-refractivity contribution in [3.63, 3.8) is 0 Å². The van der Waals surface area contributed by atoms with Gasteiger partial charge in [-0.2, -0.15) is 0 Å². The van der Waals surface area contributed by atoms with Crippen molar-refractivity contribution >= 4 is 32.6 Å². The summed E-state index contributed by atoms with van der Waals surface area (Å²) in [7, 11) is 4.73. The van der Waals surface area contributed by atoms with Gasteiger partial charge in [-0.1, -0.05) is 17.4 Å². The zero-order valence-corrected chi connectivity index (χ0v) is 14.8. The lowest BCUT2D eigenvalue weighted by Gasteiger charge is -2.06. The summed E-state index contributed by atoms with van der Waals surface area (Å²) in [5.41, 5.74) is 6.60. The van der Waals surface area contributed by atoms with Crippen LogP contribution in [0.25, 0.3) is 10.2 Å². The average Bonchev–Trinajstić information content (AvgIpc) is 3.09. The Morgan fingerprint density at radius 2 is 1.80 bits per heavy atom. The molecule has 0 unspecified atom stereocenters. The van der Waals surface area contributed by atoms with Crippen LogP contribution in [0.3, 0.4) is 0 Å². The smallest absolute Gasteiger partial charge is 0.269 e. The highest BCUT2D eigenvalue weighted by Gasteiger charge is 2.14. The standard InChI is InChI=1S/C17H17N3O4S/c1-22-11-6-4-5-10(9-11)16(21)19-20-17-18-14-12(23-2)7-8-13(24-3)15(14)25-17/h4-9H,1-3H3,(H,18,20)(H,19,21). The summed E-state index contributed by atoms with van der Waals surface area (Å²) in [6.45, 7) is 0. The van der Waals surface area contributed by atoms with E-state index in [9.17, 15) is 4.79 Å². The van der Waals surface area contributed by atoms with Gasteiger partial charge in [0, 0.05) is 5.56 Å². The van der Waals surface area contributed by atoms with Gasteiger partial charge in [0.25, 0.3) is 5.91 Å². The first-order valence-electron chi connectivity index (χ1n) is 7.38. The van der Waals surface area contributed by atoms with Gasteiger partial charge in [0.2, 0.25) is 5.13 Å². The number of carbonyl (C=O) groups excluding carboxylic acids is 1. The third kappa shape index (κ3) is 3.43. The fourth-order valence-electron chi connectivity index (χ4n) is 2.29. The van der Waals surface area contributed by atoms with Crippen LogP contribution in [0.5, 0.6) is 17.2 Å². The lowest BCUT2D eigenvalue weighted by molar-refractivity contribution is 0.0962. The molecule has 0 spiro atoms. The third-order valence-corrected chi connectivity index (χ3v) is 4.51. The Morgan fingerprint density at radius 1 is 1.04 bits per heavy atom. The molecule has 0 saturated carbocycles. The second-order valence-electron chi connectivity index (χ2n) is 4.98. The number of hydrogen-bond donors (Lipinski definition) is 2. The number of thiazole rings is 1. The first-order chi connectivity index (χ1) is 12.2. The molecule has 0 aliphatic heterocycles. The van der Waals surface area contributed by atoms with Crippen LogP contribution in [0.4, 0.5) is 5.13 Å². The largest absolute Gasteiger partial charge is 0.497 e. The van der Waals surface area contributed by atoms with Gasteiger partial charge in [-0.15, -0.1) is 0 Å². The second kappa shape index (κ2) is 7.27. The zero-order valence-electron chi connectivity index (χ0n) is 14.0. The summed E-state index contributed by atoms with van der Waals surface area (Å²) in [6.07, 6.45) is 0. The number of nitrogens with zero attached hydrogens (tertiary/aromatic N) is 1. The summed E-state index contributed by atoms with van der Waals surface area (Å²) >= 11 is 1.36. The monoisotopic (exact) mass is 359 g/mol. The molecule has 0 saturated heterocycles. The fraction of sp³-hybridized carbons (Fsp3) is 0.176. The summed E-state index contributed by atoms with van der Waals surface area (Å²) in [6, 6.07) is 10.5. The van der Waals surface area contributed by atoms with Crippen molar-refractivity contribution in [3.8, 4) is 17.2 Å². The van der Waals surface area contributed by atoms with E-state index in [-0.39, 0.29) is 5.91 Å². The van der Waals surface area contributed by atoms with Crippen LogP contribution in [0, 0.1) is 0 Å². The normalized spacial score (nSPS) is 10.4. The number of amides is 1. The number of ether oxygens (including phenoxy) is 3. The van der Waals surface area contributed by atoms with E-state index >= 15 is 0 Å². The highest BCUT2D eigenvalue weighted by Crippen LogP contribution is 2.38. The molecule has 2 aromatic carbocycles. The van der Waals surface area contributed by atoms with Crippen LogP contribution in [0.1, 0.15) is 10.4 Å². The van der Waals surface area contributed by atoms with Crippen molar-refractivity contribution in [2.45, 2.75) is 0 Å². The van der Waals surface area contributed by atoms with Gasteiger partial charge in [-0.25, -0.2) is 4.98 Å². The number of rotatable bonds is 6. The quantitative estimate of drug-likeness (QED) is 0.658. The molecule has 3 rings (SSSR count). The molecule has 3 aromatic rings. The topological polar surface area (TPSA) is 81.7 Å². The van der Waals surface area contributed by atoms with Gasteiger partial charge in [0.15, 0.2) is 0 Å². The summed E-state index contributed by atoms with van der Waals surface area (Å²) in [4.78, 5) is 16.7. The number of hydrogen-bond acceptors (Lipinski definition) is 7. The SMILES string of the molecule is COc1cccc(C(=O)NNc2nc3c(OC)ccc(OC)c3s2)c1. The predicted octanol–water partition coefficient (Wildman–Crippen LogP) is 3.08. The van der Waals surface area contributed by atoms with Crippen LogP contribution in [-0.4, -0.2) is 32.2 Å². The summed E-state index contributed by atoms with van der Waals surface area (Å²) < 4.78 is 16.6. The minimum absolute atomic E-state index is 0.294.